The van der Waals surface area contributed by atoms with Gasteiger partial charge < -0.3 is 29.8 Å². The topological polar surface area (TPSA) is 143 Å². The number of rotatable bonds is 6. The molecule has 39 heavy (non-hydrogen) atoms. The van der Waals surface area contributed by atoms with E-state index < -0.39 is 54.5 Å². The summed E-state index contributed by atoms with van der Waals surface area (Å²) < 4.78 is 47.7. The van der Waals surface area contributed by atoms with Crippen LogP contribution in [0.1, 0.15) is 38.6 Å². The fraction of sp³-hybridized carbons (Fsp3) is 0.600. The largest absolute Gasteiger partial charge is 0.394 e. The maximum atomic E-state index is 13.7. The molecule has 11 nitrogen and oxygen atoms in total. The summed E-state index contributed by atoms with van der Waals surface area (Å²) >= 11 is 0. The highest BCUT2D eigenvalue weighted by Gasteiger charge is 2.47. The number of likely N-dealkylation sites (tertiary alicyclic amines) is 1. The fourth-order valence-corrected chi connectivity index (χ4v) is 5.56. The van der Waals surface area contributed by atoms with E-state index in [9.17, 15) is 33.3 Å². The van der Waals surface area contributed by atoms with Gasteiger partial charge in [0.2, 0.25) is 5.91 Å². The van der Waals surface area contributed by atoms with Crippen molar-refractivity contribution in [3.05, 3.63) is 35.8 Å². The highest BCUT2D eigenvalue weighted by atomic mass is 19.2. The number of halogens is 3. The maximum Gasteiger partial charge on any atom is 0.219 e. The number of hydrogen-bond acceptors (Lipinski definition) is 9. The molecular formula is C25H30F3N5O6. The first-order chi connectivity index (χ1) is 18.7. The molecule has 0 saturated carbocycles. The number of carbonyl (C=O) groups is 1. The number of amides is 1. The van der Waals surface area contributed by atoms with Crippen molar-refractivity contribution in [2.75, 3.05) is 19.7 Å². The van der Waals surface area contributed by atoms with E-state index in [1.54, 1.807) is 11.8 Å². The molecule has 14 heteroatoms. The standard InChI is InChI=1S/C25H30F3N5O6/c1-12(35)32-4-2-13(3-5-32)19-8-15(30-39-19)9-20-24(36)23(25(37)21(11-34)38-20)33-10-18(29-31-33)14-6-16(26)22(28)17(27)7-14/h6-7,10,13,19-21,23-25,34,36-37H,2-5,8-9,11H2,1H3/t19?,20-,21-,23-,24+,25+/m1/s1. The number of hydrogen-bond donors (Lipinski definition) is 3. The van der Waals surface area contributed by atoms with Gasteiger partial charge in [-0.05, 0) is 25.0 Å². The second kappa shape index (κ2) is 11.2. The number of carbonyl (C=O) groups excluding carboxylic acids is 1. The minimum Gasteiger partial charge on any atom is -0.394 e. The van der Waals surface area contributed by atoms with E-state index in [0.717, 1.165) is 29.7 Å². The first kappa shape index (κ1) is 27.5. The second-order valence-corrected chi connectivity index (χ2v) is 10.3. The third kappa shape index (κ3) is 5.51. The maximum absolute atomic E-state index is 13.7. The van der Waals surface area contributed by atoms with Gasteiger partial charge in [0.15, 0.2) is 17.5 Å². The summed E-state index contributed by atoms with van der Waals surface area (Å²) in [5.74, 6) is -4.12. The summed E-state index contributed by atoms with van der Waals surface area (Å²) in [6, 6.07) is 0.412. The van der Waals surface area contributed by atoms with E-state index >= 15 is 0 Å². The van der Waals surface area contributed by atoms with Crippen LogP contribution in [0.4, 0.5) is 13.2 Å². The van der Waals surface area contributed by atoms with Crippen LogP contribution in [0.25, 0.3) is 11.3 Å². The van der Waals surface area contributed by atoms with Crippen molar-refractivity contribution in [1.82, 2.24) is 19.9 Å². The molecule has 1 aromatic heterocycles. The third-order valence-electron chi connectivity index (χ3n) is 7.79. The molecule has 5 rings (SSSR count). The molecule has 0 aliphatic carbocycles. The number of benzene rings is 1. The van der Waals surface area contributed by atoms with E-state index in [4.69, 9.17) is 9.57 Å². The summed E-state index contributed by atoms with van der Waals surface area (Å²) in [6.45, 7) is 2.33. The minimum atomic E-state index is -1.61. The smallest absolute Gasteiger partial charge is 0.219 e. The number of aromatic nitrogens is 3. The van der Waals surface area contributed by atoms with Gasteiger partial charge >= 0.3 is 0 Å². The molecule has 212 valence electrons. The van der Waals surface area contributed by atoms with E-state index in [1.165, 1.54) is 6.20 Å². The van der Waals surface area contributed by atoms with Gasteiger partial charge in [0.1, 0.15) is 36.2 Å². The molecule has 0 spiro atoms. The normalized spacial score (nSPS) is 29.8. The number of nitrogens with zero attached hydrogens (tertiary/aromatic N) is 5. The van der Waals surface area contributed by atoms with Gasteiger partial charge in [-0.1, -0.05) is 10.4 Å². The fourth-order valence-electron chi connectivity index (χ4n) is 5.56. The molecule has 2 saturated heterocycles. The highest BCUT2D eigenvalue weighted by Crippen LogP contribution is 2.35. The summed E-state index contributed by atoms with van der Waals surface area (Å²) in [5.41, 5.74) is 0.561. The average Bonchev–Trinajstić information content (AvgIpc) is 3.59. The first-order valence-corrected chi connectivity index (χ1v) is 12.8. The lowest BCUT2D eigenvalue weighted by atomic mass is 9.86. The molecule has 2 aromatic rings. The van der Waals surface area contributed by atoms with E-state index in [2.05, 4.69) is 15.5 Å². The van der Waals surface area contributed by atoms with Gasteiger partial charge in [-0.25, -0.2) is 17.9 Å². The van der Waals surface area contributed by atoms with Crippen LogP contribution in [-0.2, 0) is 14.4 Å². The molecule has 3 N–H and O–H groups in total. The van der Waals surface area contributed by atoms with Crippen molar-refractivity contribution >= 4 is 11.6 Å². The van der Waals surface area contributed by atoms with Crippen LogP contribution in [0, 0.1) is 23.4 Å². The Hall–Kier alpha value is -3.07. The van der Waals surface area contributed by atoms with Gasteiger partial charge in [0.05, 0.1) is 24.6 Å². The van der Waals surface area contributed by atoms with Crippen molar-refractivity contribution in [2.24, 2.45) is 11.1 Å². The number of aliphatic hydroxyl groups is 3. The van der Waals surface area contributed by atoms with Crippen molar-refractivity contribution in [3.8, 4) is 11.3 Å². The van der Waals surface area contributed by atoms with Crippen LogP contribution in [-0.4, -0.2) is 97.0 Å². The Labute approximate surface area is 221 Å². The van der Waals surface area contributed by atoms with E-state index in [0.29, 0.717) is 25.2 Å². The molecular weight excluding hydrogens is 523 g/mol. The predicted molar refractivity (Wildman–Crippen MR) is 129 cm³/mol. The summed E-state index contributed by atoms with van der Waals surface area (Å²) in [5, 5.41) is 43.8. The van der Waals surface area contributed by atoms with Crippen molar-refractivity contribution in [2.45, 2.75) is 69.2 Å². The van der Waals surface area contributed by atoms with Gasteiger partial charge in [0.25, 0.3) is 0 Å². The zero-order valence-electron chi connectivity index (χ0n) is 21.2. The van der Waals surface area contributed by atoms with Crippen LogP contribution >= 0.6 is 0 Å². The molecule has 1 unspecified atom stereocenters. The van der Waals surface area contributed by atoms with Crippen LogP contribution in [0.5, 0.6) is 0 Å². The van der Waals surface area contributed by atoms with Gasteiger partial charge in [-0.15, -0.1) is 5.10 Å². The zero-order valence-corrected chi connectivity index (χ0v) is 21.2. The number of ether oxygens (including phenoxy) is 1. The number of piperidine rings is 1. The van der Waals surface area contributed by atoms with Crippen molar-refractivity contribution in [1.29, 1.82) is 0 Å². The van der Waals surface area contributed by atoms with E-state index in [1.807, 2.05) is 0 Å². The van der Waals surface area contributed by atoms with Crippen LogP contribution in [0.3, 0.4) is 0 Å². The zero-order chi connectivity index (χ0) is 27.8. The minimum absolute atomic E-state index is 0.0111. The SMILES string of the molecule is CC(=O)N1CCC(C2CC(C[C@H]3O[C@H](CO)[C@H](O)[C@H](n4cc(-c5cc(F)c(F)c(F)c5)nn4)[C@H]3O)=NO2)CC1. The Balaban J connectivity index is 1.27. The Morgan fingerprint density at radius 2 is 1.77 bits per heavy atom. The third-order valence-corrected chi connectivity index (χ3v) is 7.79. The Kier molecular flexibility index (Phi) is 7.89. The summed E-state index contributed by atoms with van der Waals surface area (Å²) in [4.78, 5) is 19.1. The Morgan fingerprint density at radius 1 is 1.10 bits per heavy atom. The predicted octanol–water partition coefficient (Wildman–Crippen LogP) is 1.18. The molecule has 0 radical (unpaired) electrons. The molecule has 3 aliphatic rings. The molecule has 4 heterocycles. The van der Waals surface area contributed by atoms with Crippen LogP contribution in [0.2, 0.25) is 0 Å². The second-order valence-electron chi connectivity index (χ2n) is 10.3. The average molecular weight is 554 g/mol. The molecule has 2 fully saturated rings. The van der Waals surface area contributed by atoms with E-state index in [-0.39, 0.29) is 35.6 Å². The Bertz CT molecular complexity index is 1210. The lowest BCUT2D eigenvalue weighted by Crippen LogP contribution is -2.56. The first-order valence-electron chi connectivity index (χ1n) is 12.8. The lowest BCUT2D eigenvalue weighted by Gasteiger charge is -2.42. The van der Waals surface area contributed by atoms with Crippen LogP contribution in [0.15, 0.2) is 23.5 Å². The monoisotopic (exact) mass is 553 g/mol. The summed E-state index contributed by atoms with van der Waals surface area (Å²) in [7, 11) is 0. The van der Waals surface area contributed by atoms with Crippen LogP contribution < -0.4 is 0 Å². The number of oxime groups is 1. The van der Waals surface area contributed by atoms with Gasteiger partial charge in [0, 0.05) is 44.3 Å². The summed E-state index contributed by atoms with van der Waals surface area (Å²) in [6.07, 6.45) is -1.27. The van der Waals surface area contributed by atoms with Crippen molar-refractivity contribution in [3.63, 3.8) is 0 Å². The molecule has 0 bridgehead atoms. The highest BCUT2D eigenvalue weighted by molar-refractivity contribution is 5.86. The molecule has 1 amide bonds. The van der Waals surface area contributed by atoms with Gasteiger partial charge in [-0.3, -0.25) is 4.79 Å². The molecule has 6 atom stereocenters. The lowest BCUT2D eigenvalue weighted by molar-refractivity contribution is -0.203. The van der Waals surface area contributed by atoms with Crippen molar-refractivity contribution < 1.29 is 42.9 Å². The Morgan fingerprint density at radius 3 is 2.41 bits per heavy atom. The number of aliphatic hydroxyl groups excluding tert-OH is 3. The van der Waals surface area contributed by atoms with Gasteiger partial charge in [-0.2, -0.15) is 0 Å². The molecule has 3 aliphatic heterocycles. The quantitative estimate of drug-likeness (QED) is 0.453. The molecule has 1 aromatic carbocycles.